The highest BCUT2D eigenvalue weighted by Gasteiger charge is 2.29. The molecule has 0 aliphatic carbocycles. The van der Waals surface area contributed by atoms with Crippen LogP contribution >= 0.6 is 11.6 Å². The molecule has 0 aromatic heterocycles. The number of likely N-dealkylation sites (tertiary alicyclic amines) is 1. The molecule has 128 valence electrons. The summed E-state index contributed by atoms with van der Waals surface area (Å²) in [6, 6.07) is 2.95. The maximum atomic E-state index is 13.8. The molecule has 0 unspecified atom stereocenters. The number of rotatable bonds is 2. The molecule has 0 N–H and O–H groups in total. The van der Waals surface area contributed by atoms with E-state index in [1.165, 1.54) is 12.1 Å². The molecule has 0 atom stereocenters. The van der Waals surface area contributed by atoms with E-state index in [-0.39, 0.29) is 17.0 Å². The average Bonchev–Trinajstić information content (AvgIpc) is 2.48. The van der Waals surface area contributed by atoms with Crippen LogP contribution in [0.3, 0.4) is 0 Å². The number of benzene rings is 1. The smallest absolute Gasteiger partial charge is 0.410 e. The number of amides is 1. The molecule has 1 aliphatic rings. The molecule has 0 spiro atoms. The minimum Gasteiger partial charge on any atom is -0.496 e. The average molecular weight is 344 g/mol. The monoisotopic (exact) mass is 343 g/mol. The number of ether oxygens (including phenoxy) is 2. The summed E-state index contributed by atoms with van der Waals surface area (Å²) in [5, 5.41) is 0.0526. The van der Waals surface area contributed by atoms with Gasteiger partial charge in [0, 0.05) is 24.7 Å². The van der Waals surface area contributed by atoms with Gasteiger partial charge in [-0.05, 0) is 45.6 Å². The number of carbonyl (C=O) groups is 1. The summed E-state index contributed by atoms with van der Waals surface area (Å²) < 4.78 is 24.5. The summed E-state index contributed by atoms with van der Waals surface area (Å²) in [5.74, 6) is 0.277. The molecule has 1 saturated heterocycles. The second kappa shape index (κ2) is 6.95. The van der Waals surface area contributed by atoms with Gasteiger partial charge in [-0.15, -0.1) is 0 Å². The number of piperidine rings is 1. The predicted molar refractivity (Wildman–Crippen MR) is 87.7 cm³/mol. The fraction of sp³-hybridized carbons (Fsp3) is 0.588. The maximum absolute atomic E-state index is 13.8. The van der Waals surface area contributed by atoms with Crippen LogP contribution in [-0.2, 0) is 4.74 Å². The van der Waals surface area contributed by atoms with E-state index in [4.69, 9.17) is 21.1 Å². The van der Waals surface area contributed by atoms with Crippen molar-refractivity contribution in [3.63, 3.8) is 0 Å². The highest BCUT2D eigenvalue weighted by molar-refractivity contribution is 6.30. The first kappa shape index (κ1) is 17.9. The second-order valence-electron chi connectivity index (χ2n) is 6.75. The Morgan fingerprint density at radius 3 is 2.43 bits per heavy atom. The minimum absolute atomic E-state index is 0.0526. The number of hydrogen-bond donors (Lipinski definition) is 0. The van der Waals surface area contributed by atoms with Crippen molar-refractivity contribution < 1.29 is 18.7 Å². The maximum Gasteiger partial charge on any atom is 0.410 e. The Kier molecular flexibility index (Phi) is 5.40. The molecule has 2 rings (SSSR count). The summed E-state index contributed by atoms with van der Waals surface area (Å²) >= 11 is 5.81. The molecule has 0 bridgehead atoms. The van der Waals surface area contributed by atoms with Crippen molar-refractivity contribution >= 4 is 17.7 Å². The zero-order valence-electron chi connectivity index (χ0n) is 14.0. The molecule has 0 radical (unpaired) electrons. The van der Waals surface area contributed by atoms with Gasteiger partial charge in [-0.25, -0.2) is 9.18 Å². The van der Waals surface area contributed by atoms with Crippen molar-refractivity contribution in [2.75, 3.05) is 20.2 Å². The van der Waals surface area contributed by atoms with Crippen molar-refractivity contribution in [2.24, 2.45) is 0 Å². The first-order valence-corrected chi connectivity index (χ1v) is 8.10. The van der Waals surface area contributed by atoms with Gasteiger partial charge in [0.05, 0.1) is 12.1 Å². The van der Waals surface area contributed by atoms with Crippen LogP contribution in [0.1, 0.15) is 45.1 Å². The van der Waals surface area contributed by atoms with E-state index in [0.717, 1.165) is 18.4 Å². The van der Waals surface area contributed by atoms with Gasteiger partial charge in [-0.1, -0.05) is 11.6 Å². The standard InChI is InChI=1S/C17H23ClFNO3/c1-17(2,3)23-16(21)20-7-5-11(6-8-20)12-9-14(19)13(18)10-15(12)22-4/h9-11H,5-8H2,1-4H3. The van der Waals surface area contributed by atoms with E-state index in [2.05, 4.69) is 0 Å². The van der Waals surface area contributed by atoms with Gasteiger partial charge in [-0.2, -0.15) is 0 Å². The highest BCUT2D eigenvalue weighted by Crippen LogP contribution is 2.37. The van der Waals surface area contributed by atoms with E-state index in [1.807, 2.05) is 20.8 Å². The van der Waals surface area contributed by atoms with Crippen LogP contribution in [0.15, 0.2) is 12.1 Å². The summed E-state index contributed by atoms with van der Waals surface area (Å²) in [4.78, 5) is 13.8. The zero-order chi connectivity index (χ0) is 17.2. The minimum atomic E-state index is -0.504. The van der Waals surface area contributed by atoms with Crippen LogP contribution in [0.4, 0.5) is 9.18 Å². The lowest BCUT2D eigenvalue weighted by Crippen LogP contribution is -2.41. The molecular weight excluding hydrogens is 321 g/mol. The van der Waals surface area contributed by atoms with Crippen LogP contribution in [0, 0.1) is 5.82 Å². The molecular formula is C17H23ClFNO3. The molecule has 1 amide bonds. The first-order chi connectivity index (χ1) is 10.7. The molecule has 1 heterocycles. The molecule has 6 heteroatoms. The third kappa shape index (κ3) is 4.50. The summed E-state index contributed by atoms with van der Waals surface area (Å²) in [6.45, 7) is 6.69. The van der Waals surface area contributed by atoms with Gasteiger partial charge in [-0.3, -0.25) is 0 Å². The van der Waals surface area contributed by atoms with E-state index in [9.17, 15) is 9.18 Å². The van der Waals surface area contributed by atoms with E-state index in [1.54, 1.807) is 12.0 Å². The number of carbonyl (C=O) groups excluding carboxylic acids is 1. The van der Waals surface area contributed by atoms with Gasteiger partial charge in [0.15, 0.2) is 0 Å². The molecule has 1 aromatic carbocycles. The van der Waals surface area contributed by atoms with Gasteiger partial charge in [0.25, 0.3) is 0 Å². The summed E-state index contributed by atoms with van der Waals surface area (Å²) in [6.07, 6.45) is 1.16. The zero-order valence-corrected chi connectivity index (χ0v) is 14.7. The Balaban J connectivity index is 2.05. The van der Waals surface area contributed by atoms with Gasteiger partial charge in [0.1, 0.15) is 17.2 Å². The highest BCUT2D eigenvalue weighted by atomic mass is 35.5. The fourth-order valence-corrected chi connectivity index (χ4v) is 2.89. The Hall–Kier alpha value is -1.49. The van der Waals surface area contributed by atoms with Gasteiger partial charge < -0.3 is 14.4 Å². The quantitative estimate of drug-likeness (QED) is 0.787. The Labute approximate surface area is 141 Å². The molecule has 23 heavy (non-hydrogen) atoms. The van der Waals surface area contributed by atoms with E-state index >= 15 is 0 Å². The van der Waals surface area contributed by atoms with Gasteiger partial charge >= 0.3 is 6.09 Å². The van der Waals surface area contributed by atoms with Crippen LogP contribution in [-0.4, -0.2) is 36.8 Å². The molecule has 1 aromatic rings. The predicted octanol–water partition coefficient (Wildman–Crippen LogP) is 4.60. The van der Waals surface area contributed by atoms with Crippen LogP contribution in [0.5, 0.6) is 5.75 Å². The third-order valence-electron chi connectivity index (χ3n) is 3.86. The second-order valence-corrected chi connectivity index (χ2v) is 7.16. The Morgan fingerprint density at radius 1 is 1.30 bits per heavy atom. The third-order valence-corrected chi connectivity index (χ3v) is 4.15. The molecule has 4 nitrogen and oxygen atoms in total. The number of methoxy groups -OCH3 is 1. The van der Waals surface area contributed by atoms with Crippen molar-refractivity contribution in [2.45, 2.75) is 45.1 Å². The van der Waals surface area contributed by atoms with E-state index < -0.39 is 11.4 Å². The Bertz CT molecular complexity index is 578. The number of nitrogens with zero attached hydrogens (tertiary/aromatic N) is 1. The van der Waals surface area contributed by atoms with Crippen LogP contribution in [0.2, 0.25) is 5.02 Å². The van der Waals surface area contributed by atoms with Crippen molar-refractivity contribution in [3.8, 4) is 5.75 Å². The Morgan fingerprint density at radius 2 is 1.91 bits per heavy atom. The van der Waals surface area contributed by atoms with E-state index in [0.29, 0.717) is 18.8 Å². The molecule has 1 aliphatic heterocycles. The van der Waals surface area contributed by atoms with Crippen LogP contribution in [0.25, 0.3) is 0 Å². The normalized spacial score (nSPS) is 16.3. The fourth-order valence-electron chi connectivity index (χ4n) is 2.74. The lowest BCUT2D eigenvalue weighted by molar-refractivity contribution is 0.0204. The summed E-state index contributed by atoms with van der Waals surface area (Å²) in [7, 11) is 1.54. The van der Waals surface area contributed by atoms with Crippen molar-refractivity contribution in [1.29, 1.82) is 0 Å². The summed E-state index contributed by atoms with van der Waals surface area (Å²) in [5.41, 5.74) is 0.300. The van der Waals surface area contributed by atoms with Gasteiger partial charge in [0.2, 0.25) is 0 Å². The molecule has 1 fully saturated rings. The lowest BCUT2D eigenvalue weighted by Gasteiger charge is -2.34. The largest absolute Gasteiger partial charge is 0.496 e. The first-order valence-electron chi connectivity index (χ1n) is 7.72. The van der Waals surface area contributed by atoms with Crippen LogP contribution < -0.4 is 4.74 Å². The van der Waals surface area contributed by atoms with Crippen molar-refractivity contribution in [3.05, 3.63) is 28.5 Å². The lowest BCUT2D eigenvalue weighted by atomic mass is 9.89. The topological polar surface area (TPSA) is 38.8 Å². The SMILES string of the molecule is COc1cc(Cl)c(F)cc1C1CCN(C(=O)OC(C)(C)C)CC1. The van der Waals surface area contributed by atoms with Crippen molar-refractivity contribution in [1.82, 2.24) is 4.90 Å². The number of hydrogen-bond acceptors (Lipinski definition) is 3. The number of halogens is 2. The molecule has 0 saturated carbocycles.